The van der Waals surface area contributed by atoms with Gasteiger partial charge in [0.15, 0.2) is 0 Å². The van der Waals surface area contributed by atoms with Gasteiger partial charge in [0, 0.05) is 41.2 Å². The van der Waals surface area contributed by atoms with Crippen molar-refractivity contribution < 1.29 is 29.4 Å². The standard InChI is InChI=1S/C43H58N4O6/c1-26-35-21-32(43(35,3)4)22-36(26)45-42(51)39-38(27(2)49)37(25-48)53-47(39)23-31-17-12-18-34(40(31)52-7)29-15-11-16-30(20-29)41(50)44-33(24-46(5)6)19-28-13-9-8-10-14-28/h8-18,20,26-27,32-33,35-39,48-49H,19,21-25H2,1-7H3,(H,44,50)(H,45,51)/t26-,27-,32-,33+,35+,36+,37-,38+,39-/m0/s1. The van der Waals surface area contributed by atoms with E-state index in [4.69, 9.17) is 9.57 Å². The number of nitrogens with one attached hydrogen (secondary N) is 2. The molecular formula is C43H58N4O6. The van der Waals surface area contributed by atoms with E-state index in [0.717, 1.165) is 28.7 Å². The number of hydrogen-bond donors (Lipinski definition) is 4. The summed E-state index contributed by atoms with van der Waals surface area (Å²) in [5, 5.41) is 29.4. The minimum absolute atomic E-state index is 0.0443. The fraction of sp³-hybridized carbons (Fsp3) is 0.535. The second kappa shape index (κ2) is 16.3. The fourth-order valence-electron chi connectivity index (χ4n) is 9.43. The minimum Gasteiger partial charge on any atom is -0.496 e. The van der Waals surface area contributed by atoms with Crippen molar-refractivity contribution in [1.29, 1.82) is 0 Å². The number of benzene rings is 3. The number of aliphatic hydroxyl groups is 2. The Morgan fingerprint density at radius 3 is 2.43 bits per heavy atom. The zero-order valence-electron chi connectivity index (χ0n) is 32.3. The number of carbonyl (C=O) groups excluding carboxylic acids is 2. The molecule has 3 aromatic carbocycles. The summed E-state index contributed by atoms with van der Waals surface area (Å²) in [6.45, 7) is 9.10. The highest BCUT2D eigenvalue weighted by atomic mass is 16.7. The van der Waals surface area contributed by atoms with E-state index < -0.39 is 24.2 Å². The number of rotatable bonds is 14. The zero-order valence-corrected chi connectivity index (χ0v) is 32.3. The van der Waals surface area contributed by atoms with Crippen LogP contribution in [0.25, 0.3) is 11.1 Å². The lowest BCUT2D eigenvalue weighted by Crippen LogP contribution is -2.62. The third kappa shape index (κ3) is 8.17. The number of amides is 2. The van der Waals surface area contributed by atoms with Crippen molar-refractivity contribution in [2.75, 3.05) is 34.4 Å². The highest BCUT2D eigenvalue weighted by Gasteiger charge is 2.57. The van der Waals surface area contributed by atoms with E-state index in [1.165, 1.54) is 6.42 Å². The van der Waals surface area contributed by atoms with Crippen LogP contribution in [0, 0.1) is 29.1 Å². The van der Waals surface area contributed by atoms with Crippen molar-refractivity contribution >= 4 is 11.8 Å². The van der Waals surface area contributed by atoms with Gasteiger partial charge in [-0.3, -0.25) is 14.4 Å². The molecule has 3 aliphatic carbocycles. The average Bonchev–Trinajstić information content (AvgIpc) is 3.51. The van der Waals surface area contributed by atoms with Gasteiger partial charge in [-0.05, 0) is 86.7 Å². The quantitative estimate of drug-likeness (QED) is 0.185. The number of fused-ring (bicyclic) bond motifs is 2. The molecule has 2 amide bonds. The van der Waals surface area contributed by atoms with Crippen molar-refractivity contribution in [3.05, 3.63) is 89.5 Å². The third-order valence-corrected chi connectivity index (χ3v) is 12.4. The molecule has 0 aromatic heterocycles. The molecule has 0 spiro atoms. The van der Waals surface area contributed by atoms with E-state index in [2.05, 4.69) is 48.4 Å². The van der Waals surface area contributed by atoms with Gasteiger partial charge in [-0.25, -0.2) is 0 Å². The van der Waals surface area contributed by atoms with Crippen LogP contribution in [0.1, 0.15) is 62.0 Å². The Morgan fingerprint density at radius 2 is 1.79 bits per heavy atom. The number of likely N-dealkylation sites (N-methyl/N-ethyl adjacent to an activating group) is 1. The van der Waals surface area contributed by atoms with Crippen molar-refractivity contribution in [2.45, 2.75) is 83.8 Å². The monoisotopic (exact) mass is 726 g/mol. The van der Waals surface area contributed by atoms with Crippen LogP contribution in [0.5, 0.6) is 5.75 Å². The van der Waals surface area contributed by atoms with E-state index in [1.807, 2.05) is 74.8 Å². The molecule has 4 aliphatic rings. The van der Waals surface area contributed by atoms with Crippen LogP contribution in [0.15, 0.2) is 72.8 Å². The summed E-state index contributed by atoms with van der Waals surface area (Å²) >= 11 is 0. The maximum absolute atomic E-state index is 14.2. The molecule has 2 bridgehead atoms. The van der Waals surface area contributed by atoms with Gasteiger partial charge in [0.1, 0.15) is 17.9 Å². The van der Waals surface area contributed by atoms with Crippen LogP contribution in [-0.4, -0.2) is 96.7 Å². The van der Waals surface area contributed by atoms with E-state index in [-0.39, 0.29) is 42.5 Å². The smallest absolute Gasteiger partial charge is 0.251 e. The minimum atomic E-state index is -0.892. The van der Waals surface area contributed by atoms with Gasteiger partial charge in [-0.15, -0.1) is 0 Å². The number of methoxy groups -OCH3 is 1. The van der Waals surface area contributed by atoms with Crippen molar-refractivity contribution in [1.82, 2.24) is 20.6 Å². The normalized spacial score (nSPS) is 27.5. The Morgan fingerprint density at radius 1 is 1.06 bits per heavy atom. The maximum atomic E-state index is 14.2. The Balaban J connectivity index is 1.23. The first-order chi connectivity index (χ1) is 25.3. The number of nitrogens with zero attached hydrogens (tertiary/aromatic N) is 2. The second-order valence-electron chi connectivity index (χ2n) is 16.4. The molecule has 4 N–H and O–H groups in total. The number of para-hydroxylation sites is 1. The lowest BCUT2D eigenvalue weighted by Gasteiger charge is -2.62. The van der Waals surface area contributed by atoms with Crippen LogP contribution in [0.3, 0.4) is 0 Å². The molecule has 4 fully saturated rings. The molecule has 1 heterocycles. The number of carbonyl (C=O) groups is 2. The molecule has 286 valence electrons. The summed E-state index contributed by atoms with van der Waals surface area (Å²) in [5.41, 5.74) is 4.35. The van der Waals surface area contributed by atoms with E-state index in [0.29, 0.717) is 42.0 Å². The van der Waals surface area contributed by atoms with Gasteiger partial charge in [0.25, 0.3) is 5.91 Å². The fourth-order valence-corrected chi connectivity index (χ4v) is 9.43. The van der Waals surface area contributed by atoms with E-state index >= 15 is 0 Å². The van der Waals surface area contributed by atoms with Crippen molar-refractivity contribution in [3.8, 4) is 16.9 Å². The van der Waals surface area contributed by atoms with Crippen LogP contribution in [0.4, 0.5) is 0 Å². The average molecular weight is 727 g/mol. The number of hydrogen-bond acceptors (Lipinski definition) is 8. The van der Waals surface area contributed by atoms with E-state index in [9.17, 15) is 19.8 Å². The predicted molar refractivity (Wildman–Crippen MR) is 206 cm³/mol. The van der Waals surface area contributed by atoms with Crippen molar-refractivity contribution in [3.63, 3.8) is 0 Å². The van der Waals surface area contributed by atoms with Gasteiger partial charge >= 0.3 is 0 Å². The maximum Gasteiger partial charge on any atom is 0.251 e. The van der Waals surface area contributed by atoms with Gasteiger partial charge in [0.05, 0.1) is 26.4 Å². The molecule has 10 heteroatoms. The van der Waals surface area contributed by atoms with Gasteiger partial charge in [0.2, 0.25) is 5.91 Å². The number of aliphatic hydroxyl groups excluding tert-OH is 2. The Kier molecular flexibility index (Phi) is 12.0. The number of ether oxygens (including phenoxy) is 1. The van der Waals surface area contributed by atoms with E-state index in [1.54, 1.807) is 19.1 Å². The molecule has 10 nitrogen and oxygen atoms in total. The second-order valence-corrected chi connectivity index (χ2v) is 16.4. The molecule has 1 saturated heterocycles. The molecule has 9 atom stereocenters. The molecule has 53 heavy (non-hydrogen) atoms. The van der Waals surface area contributed by atoms with Crippen LogP contribution in [0.2, 0.25) is 0 Å². The Bertz CT molecular complexity index is 1730. The molecule has 7 rings (SSSR count). The first-order valence-electron chi connectivity index (χ1n) is 19.1. The third-order valence-electron chi connectivity index (χ3n) is 12.4. The molecule has 3 saturated carbocycles. The first-order valence-corrected chi connectivity index (χ1v) is 19.1. The first kappa shape index (κ1) is 38.9. The molecule has 0 unspecified atom stereocenters. The van der Waals surface area contributed by atoms with Gasteiger partial charge in [-0.1, -0.05) is 81.4 Å². The summed E-state index contributed by atoms with van der Waals surface area (Å²) in [4.78, 5) is 36.2. The van der Waals surface area contributed by atoms with Crippen LogP contribution >= 0.6 is 0 Å². The van der Waals surface area contributed by atoms with Gasteiger partial charge in [-0.2, -0.15) is 5.06 Å². The van der Waals surface area contributed by atoms with Gasteiger partial charge < -0.3 is 30.5 Å². The summed E-state index contributed by atoms with van der Waals surface area (Å²) in [7, 11) is 5.61. The SMILES string of the molecule is COc1c(CN2O[C@@H](CO)[C@@H]([C@H](C)O)[C@H]2C(=O)N[C@@H]2C[C@@H]3C[C@H]([C@@H]2C)C3(C)C)cccc1-c1cccc(C(=O)N[C@H](Cc2ccccc2)CN(C)C)c1. The molecular weight excluding hydrogens is 668 g/mol. The summed E-state index contributed by atoms with van der Waals surface area (Å²) in [6, 6.07) is 22.6. The predicted octanol–water partition coefficient (Wildman–Crippen LogP) is 4.93. The number of hydroxylamine groups is 2. The Hall–Kier alpha value is -3.80. The zero-order chi connectivity index (χ0) is 38.0. The topological polar surface area (TPSA) is 124 Å². The highest BCUT2D eigenvalue weighted by molar-refractivity contribution is 5.96. The molecule has 0 radical (unpaired) electrons. The molecule has 3 aromatic rings. The summed E-state index contributed by atoms with van der Waals surface area (Å²) in [6.07, 6.45) is 1.21. The summed E-state index contributed by atoms with van der Waals surface area (Å²) in [5.74, 6) is 1.08. The summed E-state index contributed by atoms with van der Waals surface area (Å²) < 4.78 is 6.02. The lowest BCUT2D eigenvalue weighted by molar-refractivity contribution is -0.183. The lowest BCUT2D eigenvalue weighted by atomic mass is 9.45. The highest BCUT2D eigenvalue weighted by Crippen LogP contribution is 2.61. The largest absolute Gasteiger partial charge is 0.496 e. The Labute approximate surface area is 314 Å². The van der Waals surface area contributed by atoms with Crippen molar-refractivity contribution in [2.24, 2.45) is 29.1 Å². The molecule has 1 aliphatic heterocycles. The van der Waals surface area contributed by atoms with Crippen LogP contribution < -0.4 is 15.4 Å². The van der Waals surface area contributed by atoms with Crippen LogP contribution in [-0.2, 0) is 22.6 Å².